The van der Waals surface area contributed by atoms with Gasteiger partial charge in [-0.25, -0.2) is 0 Å². The van der Waals surface area contributed by atoms with Crippen LogP contribution in [-0.4, -0.2) is 12.1 Å². The summed E-state index contributed by atoms with van der Waals surface area (Å²) < 4.78 is 43.8. The van der Waals surface area contributed by atoms with Gasteiger partial charge in [0.25, 0.3) is 0 Å². The van der Waals surface area contributed by atoms with Crippen LogP contribution >= 0.6 is 0 Å². The van der Waals surface area contributed by atoms with Crippen LogP contribution in [0.2, 0.25) is 0 Å². The second-order valence-electron chi connectivity index (χ2n) is 8.89. The molecule has 0 amide bonds. The SMILES string of the molecule is C=CCCC1CCC(C(=O)Oc2ccc(C#C[C@H]3CC[C@H](C(F)(F)F)CC3)cc2)CC1. The van der Waals surface area contributed by atoms with Gasteiger partial charge in [0.2, 0.25) is 0 Å². The van der Waals surface area contributed by atoms with Crippen LogP contribution in [0.1, 0.15) is 69.8 Å². The van der Waals surface area contributed by atoms with Gasteiger partial charge in [0.05, 0.1) is 11.8 Å². The average molecular weight is 433 g/mol. The maximum absolute atomic E-state index is 12.8. The first-order valence-electron chi connectivity index (χ1n) is 11.4. The summed E-state index contributed by atoms with van der Waals surface area (Å²) in [4.78, 5) is 12.5. The Morgan fingerprint density at radius 2 is 1.68 bits per heavy atom. The van der Waals surface area contributed by atoms with E-state index in [9.17, 15) is 18.0 Å². The van der Waals surface area contributed by atoms with Gasteiger partial charge in [-0.1, -0.05) is 17.9 Å². The molecule has 2 nitrogen and oxygen atoms in total. The van der Waals surface area contributed by atoms with Gasteiger partial charge in [0.1, 0.15) is 5.75 Å². The van der Waals surface area contributed by atoms with Crippen molar-refractivity contribution in [3.8, 4) is 17.6 Å². The van der Waals surface area contributed by atoms with Crippen LogP contribution in [0.15, 0.2) is 36.9 Å². The molecule has 168 valence electrons. The number of carbonyl (C=O) groups excluding carboxylic acids is 1. The Morgan fingerprint density at radius 3 is 2.26 bits per heavy atom. The van der Waals surface area contributed by atoms with Crippen LogP contribution in [0.3, 0.4) is 0 Å². The fraction of sp³-hybridized carbons (Fsp3) is 0.577. The third kappa shape index (κ3) is 7.16. The van der Waals surface area contributed by atoms with E-state index in [1.807, 2.05) is 6.08 Å². The number of halogens is 3. The van der Waals surface area contributed by atoms with Gasteiger partial charge in [0.15, 0.2) is 0 Å². The summed E-state index contributed by atoms with van der Waals surface area (Å²) in [5.74, 6) is 5.99. The zero-order chi connectivity index (χ0) is 22.3. The number of ether oxygens (including phenoxy) is 1. The van der Waals surface area contributed by atoms with Crippen molar-refractivity contribution < 1.29 is 22.7 Å². The third-order valence-corrected chi connectivity index (χ3v) is 6.64. The fourth-order valence-electron chi connectivity index (χ4n) is 4.60. The second kappa shape index (κ2) is 10.9. The van der Waals surface area contributed by atoms with E-state index in [0.29, 0.717) is 24.5 Å². The molecule has 0 unspecified atom stereocenters. The molecule has 0 saturated heterocycles. The minimum absolute atomic E-state index is 0.0118. The van der Waals surface area contributed by atoms with Crippen molar-refractivity contribution in [3.63, 3.8) is 0 Å². The summed E-state index contributed by atoms with van der Waals surface area (Å²) in [6.07, 6.45) is 5.22. The Morgan fingerprint density at radius 1 is 1.03 bits per heavy atom. The van der Waals surface area contributed by atoms with E-state index in [4.69, 9.17) is 4.74 Å². The molecule has 0 heterocycles. The Labute approximate surface area is 183 Å². The van der Waals surface area contributed by atoms with Crippen molar-refractivity contribution >= 4 is 5.97 Å². The highest BCUT2D eigenvalue weighted by atomic mass is 19.4. The van der Waals surface area contributed by atoms with E-state index in [-0.39, 0.29) is 30.6 Å². The molecule has 0 aromatic heterocycles. The van der Waals surface area contributed by atoms with E-state index in [0.717, 1.165) is 44.1 Å². The van der Waals surface area contributed by atoms with Gasteiger partial charge in [0, 0.05) is 11.5 Å². The number of esters is 1. The van der Waals surface area contributed by atoms with Gasteiger partial charge in [-0.2, -0.15) is 13.2 Å². The lowest BCUT2D eigenvalue weighted by Gasteiger charge is -2.27. The van der Waals surface area contributed by atoms with E-state index >= 15 is 0 Å². The third-order valence-electron chi connectivity index (χ3n) is 6.64. The molecule has 2 aliphatic rings. The molecule has 0 bridgehead atoms. The zero-order valence-electron chi connectivity index (χ0n) is 17.9. The lowest BCUT2D eigenvalue weighted by Crippen LogP contribution is -2.27. The fourth-order valence-corrected chi connectivity index (χ4v) is 4.60. The molecular weight excluding hydrogens is 401 g/mol. The summed E-state index contributed by atoms with van der Waals surface area (Å²) in [6, 6.07) is 7.06. The molecule has 1 aromatic rings. The molecule has 0 atom stereocenters. The topological polar surface area (TPSA) is 26.3 Å². The highest BCUT2D eigenvalue weighted by Crippen LogP contribution is 2.39. The average Bonchev–Trinajstić information content (AvgIpc) is 2.77. The summed E-state index contributed by atoms with van der Waals surface area (Å²) in [5, 5.41) is 0. The smallest absolute Gasteiger partial charge is 0.391 e. The normalized spacial score (nSPS) is 26.4. The standard InChI is InChI=1S/C26H31F3O2/c1-2-3-4-19-7-13-22(14-8-19)25(30)31-24-17-11-21(12-18-24)6-5-20-9-15-23(16-10-20)26(27,28)29/h2,11-12,17-20,22-23H,1,3-4,7-10,13-16H2/t19?,20-,22?,23-. The van der Waals surface area contributed by atoms with Crippen molar-refractivity contribution in [2.24, 2.45) is 23.7 Å². The van der Waals surface area contributed by atoms with E-state index in [1.165, 1.54) is 0 Å². The van der Waals surface area contributed by atoms with Gasteiger partial charge in [-0.05, 0) is 94.4 Å². The molecular formula is C26H31F3O2. The van der Waals surface area contributed by atoms with Crippen LogP contribution in [0.4, 0.5) is 13.2 Å². The van der Waals surface area contributed by atoms with Crippen LogP contribution in [0.5, 0.6) is 5.75 Å². The Hall–Kier alpha value is -2.22. The summed E-state index contributed by atoms with van der Waals surface area (Å²) in [6.45, 7) is 3.77. The highest BCUT2D eigenvalue weighted by Gasteiger charge is 2.41. The molecule has 0 aliphatic heterocycles. The number of hydrogen-bond donors (Lipinski definition) is 0. The molecule has 0 radical (unpaired) electrons. The Bertz CT molecular complexity index is 785. The minimum atomic E-state index is -4.09. The first-order valence-corrected chi connectivity index (χ1v) is 11.4. The lowest BCUT2D eigenvalue weighted by atomic mass is 9.80. The van der Waals surface area contributed by atoms with Crippen LogP contribution in [-0.2, 0) is 4.79 Å². The van der Waals surface area contributed by atoms with Crippen LogP contribution < -0.4 is 4.74 Å². The van der Waals surface area contributed by atoms with Gasteiger partial charge < -0.3 is 4.74 Å². The maximum atomic E-state index is 12.8. The molecule has 2 fully saturated rings. The van der Waals surface area contributed by atoms with E-state index in [2.05, 4.69) is 18.4 Å². The summed E-state index contributed by atoms with van der Waals surface area (Å²) in [7, 11) is 0. The maximum Gasteiger partial charge on any atom is 0.391 e. The molecule has 0 N–H and O–H groups in total. The first kappa shape index (κ1) is 23.4. The number of rotatable bonds is 5. The number of hydrogen-bond acceptors (Lipinski definition) is 2. The zero-order valence-corrected chi connectivity index (χ0v) is 17.9. The lowest BCUT2D eigenvalue weighted by molar-refractivity contribution is -0.183. The number of benzene rings is 1. The van der Waals surface area contributed by atoms with Crippen molar-refractivity contribution in [3.05, 3.63) is 42.5 Å². The minimum Gasteiger partial charge on any atom is -0.426 e. The monoisotopic (exact) mass is 432 g/mol. The first-order chi connectivity index (χ1) is 14.8. The molecule has 5 heteroatoms. The molecule has 3 rings (SSSR count). The number of carbonyl (C=O) groups is 1. The van der Waals surface area contributed by atoms with E-state index < -0.39 is 12.1 Å². The van der Waals surface area contributed by atoms with E-state index in [1.54, 1.807) is 24.3 Å². The van der Waals surface area contributed by atoms with Crippen LogP contribution in [0.25, 0.3) is 0 Å². The van der Waals surface area contributed by atoms with Gasteiger partial charge >= 0.3 is 12.1 Å². The predicted octanol–water partition coefficient (Wildman–Crippen LogP) is 7.08. The second-order valence-corrected chi connectivity index (χ2v) is 8.89. The highest BCUT2D eigenvalue weighted by molar-refractivity contribution is 5.75. The van der Waals surface area contributed by atoms with Crippen LogP contribution in [0, 0.1) is 35.5 Å². The molecule has 2 saturated carbocycles. The summed E-state index contributed by atoms with van der Waals surface area (Å²) >= 11 is 0. The van der Waals surface area contributed by atoms with Gasteiger partial charge in [-0.15, -0.1) is 6.58 Å². The number of alkyl halides is 3. The Kier molecular flexibility index (Phi) is 8.23. The largest absolute Gasteiger partial charge is 0.426 e. The van der Waals surface area contributed by atoms with Crippen molar-refractivity contribution in [2.45, 2.75) is 70.4 Å². The quantitative estimate of drug-likeness (QED) is 0.215. The van der Waals surface area contributed by atoms with Crippen molar-refractivity contribution in [1.29, 1.82) is 0 Å². The van der Waals surface area contributed by atoms with Gasteiger partial charge in [-0.3, -0.25) is 4.79 Å². The predicted molar refractivity (Wildman–Crippen MR) is 115 cm³/mol. The molecule has 31 heavy (non-hydrogen) atoms. The number of allylic oxidation sites excluding steroid dienone is 1. The van der Waals surface area contributed by atoms with Crippen molar-refractivity contribution in [2.75, 3.05) is 0 Å². The molecule has 1 aromatic carbocycles. The molecule has 2 aliphatic carbocycles. The van der Waals surface area contributed by atoms with Crippen molar-refractivity contribution in [1.82, 2.24) is 0 Å². The summed E-state index contributed by atoms with van der Waals surface area (Å²) in [5.41, 5.74) is 0.778. The Balaban J connectivity index is 1.44. The molecule has 0 spiro atoms.